The van der Waals surface area contributed by atoms with Gasteiger partial charge in [-0.25, -0.2) is 0 Å². The van der Waals surface area contributed by atoms with Crippen LogP contribution >= 0.6 is 0 Å². The van der Waals surface area contributed by atoms with E-state index >= 15 is 0 Å². The van der Waals surface area contributed by atoms with Crippen molar-refractivity contribution in [3.63, 3.8) is 0 Å². The summed E-state index contributed by atoms with van der Waals surface area (Å²) < 4.78 is 4.96. The Morgan fingerprint density at radius 1 is 1.56 bits per heavy atom. The Hall–Kier alpha value is -1.75. The third kappa shape index (κ3) is 2.41. The molecule has 2 rings (SSSR count). The number of benzene rings is 1. The van der Waals surface area contributed by atoms with Gasteiger partial charge in [0.15, 0.2) is 11.5 Å². The molecule has 1 unspecified atom stereocenters. The van der Waals surface area contributed by atoms with Gasteiger partial charge in [0.05, 0.1) is 7.11 Å². The van der Waals surface area contributed by atoms with Crippen molar-refractivity contribution in [2.75, 3.05) is 27.2 Å². The van der Waals surface area contributed by atoms with Crippen molar-refractivity contribution in [2.24, 2.45) is 0 Å². The first kappa shape index (κ1) is 12.7. The molecule has 1 aliphatic rings. The number of phenols is 1. The summed E-state index contributed by atoms with van der Waals surface area (Å²) in [5, 5.41) is 12.9. The van der Waals surface area contributed by atoms with E-state index in [4.69, 9.17) is 4.74 Å². The van der Waals surface area contributed by atoms with Gasteiger partial charge in [0.25, 0.3) is 5.91 Å². The number of likely N-dealkylation sites (N-methyl/N-ethyl adjacent to an activating group) is 1. The van der Waals surface area contributed by atoms with Crippen LogP contribution in [0.25, 0.3) is 0 Å². The van der Waals surface area contributed by atoms with Gasteiger partial charge in [-0.2, -0.15) is 0 Å². The second kappa shape index (κ2) is 5.27. The Kier molecular flexibility index (Phi) is 3.72. The number of methoxy groups -OCH3 is 1. The first-order valence-corrected chi connectivity index (χ1v) is 5.98. The summed E-state index contributed by atoms with van der Waals surface area (Å²) in [7, 11) is 3.27. The molecular formula is C13H18N2O3. The minimum Gasteiger partial charge on any atom is -0.504 e. The number of hydrogen-bond donors (Lipinski definition) is 2. The van der Waals surface area contributed by atoms with E-state index in [-0.39, 0.29) is 17.7 Å². The van der Waals surface area contributed by atoms with Gasteiger partial charge < -0.3 is 20.1 Å². The number of carbonyl (C=O) groups excluding carboxylic acids is 1. The first-order chi connectivity index (χ1) is 8.63. The third-order valence-corrected chi connectivity index (χ3v) is 3.33. The van der Waals surface area contributed by atoms with Crippen LogP contribution in [0.3, 0.4) is 0 Å². The van der Waals surface area contributed by atoms with Gasteiger partial charge >= 0.3 is 0 Å². The quantitative estimate of drug-likeness (QED) is 0.834. The largest absolute Gasteiger partial charge is 0.504 e. The summed E-state index contributed by atoms with van der Waals surface area (Å²) in [6.07, 6.45) is 0.963. The Morgan fingerprint density at radius 3 is 2.89 bits per heavy atom. The maximum Gasteiger partial charge on any atom is 0.254 e. The minimum absolute atomic E-state index is 0.0127. The van der Waals surface area contributed by atoms with Crippen LogP contribution in [0.1, 0.15) is 16.8 Å². The number of amides is 1. The first-order valence-electron chi connectivity index (χ1n) is 5.98. The number of aromatic hydroxyl groups is 1. The van der Waals surface area contributed by atoms with Gasteiger partial charge in [0.2, 0.25) is 0 Å². The molecule has 1 fully saturated rings. The Morgan fingerprint density at radius 2 is 2.33 bits per heavy atom. The summed E-state index contributed by atoms with van der Waals surface area (Å²) >= 11 is 0. The molecule has 1 heterocycles. The lowest BCUT2D eigenvalue weighted by atomic mass is 10.1. The molecule has 1 amide bonds. The molecule has 1 aromatic rings. The standard InChI is InChI=1S/C13H18N2O3/c1-15(10-5-6-14-8-10)13(17)9-3-4-12(18-2)11(16)7-9/h3-4,7,10,14,16H,5-6,8H2,1-2H3. The molecule has 1 aliphatic heterocycles. The molecule has 0 aliphatic carbocycles. The van der Waals surface area contributed by atoms with E-state index < -0.39 is 0 Å². The number of carbonyl (C=O) groups is 1. The molecule has 0 aromatic heterocycles. The molecule has 1 aromatic carbocycles. The van der Waals surface area contributed by atoms with Crippen LogP contribution in [0.5, 0.6) is 11.5 Å². The topological polar surface area (TPSA) is 61.8 Å². The number of hydrogen-bond acceptors (Lipinski definition) is 4. The van der Waals surface area contributed by atoms with Crippen LogP contribution in [0, 0.1) is 0 Å². The third-order valence-electron chi connectivity index (χ3n) is 3.33. The number of ether oxygens (including phenoxy) is 1. The average Bonchev–Trinajstić information content (AvgIpc) is 2.90. The summed E-state index contributed by atoms with van der Waals surface area (Å²) in [5.41, 5.74) is 0.475. The van der Waals surface area contributed by atoms with Crippen molar-refractivity contribution < 1.29 is 14.6 Å². The lowest BCUT2D eigenvalue weighted by Crippen LogP contribution is -2.38. The number of rotatable bonds is 3. The lowest BCUT2D eigenvalue weighted by molar-refractivity contribution is 0.0743. The second-order valence-corrected chi connectivity index (χ2v) is 4.45. The van der Waals surface area contributed by atoms with Crippen LogP contribution in [-0.2, 0) is 0 Å². The van der Waals surface area contributed by atoms with E-state index in [0.29, 0.717) is 11.3 Å². The van der Waals surface area contributed by atoms with Crippen molar-refractivity contribution in [3.8, 4) is 11.5 Å². The average molecular weight is 250 g/mol. The van der Waals surface area contributed by atoms with Crippen molar-refractivity contribution in [1.29, 1.82) is 0 Å². The van der Waals surface area contributed by atoms with Gasteiger partial charge in [-0.1, -0.05) is 0 Å². The molecule has 18 heavy (non-hydrogen) atoms. The smallest absolute Gasteiger partial charge is 0.254 e. The minimum atomic E-state index is -0.0818. The fourth-order valence-electron chi connectivity index (χ4n) is 2.16. The molecule has 0 radical (unpaired) electrons. The highest BCUT2D eigenvalue weighted by atomic mass is 16.5. The predicted molar refractivity (Wildman–Crippen MR) is 68.0 cm³/mol. The van der Waals surface area contributed by atoms with Crippen molar-refractivity contribution in [1.82, 2.24) is 10.2 Å². The summed E-state index contributed by atoms with van der Waals surface area (Å²) in [5.74, 6) is 0.277. The second-order valence-electron chi connectivity index (χ2n) is 4.45. The Balaban J connectivity index is 2.15. The number of nitrogens with zero attached hydrogens (tertiary/aromatic N) is 1. The highest BCUT2D eigenvalue weighted by Gasteiger charge is 2.24. The molecule has 1 saturated heterocycles. The number of phenolic OH excluding ortho intramolecular Hbond substituents is 1. The molecule has 0 bridgehead atoms. The summed E-state index contributed by atoms with van der Waals surface area (Å²) in [6.45, 7) is 1.76. The van der Waals surface area contributed by atoms with Gasteiger partial charge in [0.1, 0.15) is 0 Å². The van der Waals surface area contributed by atoms with E-state index in [9.17, 15) is 9.90 Å². The summed E-state index contributed by atoms with van der Waals surface area (Å²) in [4.78, 5) is 14.0. The highest BCUT2D eigenvalue weighted by Crippen LogP contribution is 2.27. The monoisotopic (exact) mass is 250 g/mol. The Bertz CT molecular complexity index is 442. The maximum absolute atomic E-state index is 12.2. The zero-order chi connectivity index (χ0) is 13.1. The predicted octanol–water partition coefficient (Wildman–Crippen LogP) is 0.835. The van der Waals surface area contributed by atoms with Crippen LogP contribution in [0.4, 0.5) is 0 Å². The normalized spacial score (nSPS) is 18.7. The van der Waals surface area contributed by atoms with Gasteiger partial charge in [-0.3, -0.25) is 4.79 Å². The summed E-state index contributed by atoms with van der Waals surface area (Å²) in [6, 6.07) is 4.94. The van der Waals surface area contributed by atoms with Gasteiger partial charge in [0, 0.05) is 25.2 Å². The molecular weight excluding hydrogens is 232 g/mol. The van der Waals surface area contributed by atoms with Crippen molar-refractivity contribution in [3.05, 3.63) is 23.8 Å². The van der Waals surface area contributed by atoms with Crippen LogP contribution in [0.2, 0.25) is 0 Å². The van der Waals surface area contributed by atoms with Crippen LogP contribution < -0.4 is 10.1 Å². The molecule has 0 spiro atoms. The lowest BCUT2D eigenvalue weighted by Gasteiger charge is -2.24. The van der Waals surface area contributed by atoms with Crippen molar-refractivity contribution in [2.45, 2.75) is 12.5 Å². The number of nitrogens with one attached hydrogen (secondary N) is 1. The zero-order valence-corrected chi connectivity index (χ0v) is 10.6. The van der Waals surface area contributed by atoms with Crippen LogP contribution in [-0.4, -0.2) is 49.2 Å². The van der Waals surface area contributed by atoms with Crippen LogP contribution in [0.15, 0.2) is 18.2 Å². The fourth-order valence-corrected chi connectivity index (χ4v) is 2.16. The van der Waals surface area contributed by atoms with E-state index in [0.717, 1.165) is 19.5 Å². The molecule has 98 valence electrons. The Labute approximate surface area is 106 Å². The van der Waals surface area contributed by atoms with Crippen molar-refractivity contribution >= 4 is 5.91 Å². The van der Waals surface area contributed by atoms with E-state index in [1.165, 1.54) is 13.2 Å². The van der Waals surface area contributed by atoms with E-state index in [2.05, 4.69) is 5.32 Å². The van der Waals surface area contributed by atoms with Gasteiger partial charge in [-0.05, 0) is 31.2 Å². The fraction of sp³-hybridized carbons (Fsp3) is 0.462. The zero-order valence-electron chi connectivity index (χ0n) is 10.6. The molecule has 0 saturated carbocycles. The van der Waals surface area contributed by atoms with E-state index in [1.54, 1.807) is 24.1 Å². The molecule has 2 N–H and O–H groups in total. The van der Waals surface area contributed by atoms with E-state index in [1.807, 2.05) is 0 Å². The van der Waals surface area contributed by atoms with Gasteiger partial charge in [-0.15, -0.1) is 0 Å². The highest BCUT2D eigenvalue weighted by molar-refractivity contribution is 5.95. The molecule has 5 heteroatoms. The maximum atomic E-state index is 12.2. The molecule has 5 nitrogen and oxygen atoms in total. The molecule has 1 atom stereocenters. The SMILES string of the molecule is COc1ccc(C(=O)N(C)C2CCNC2)cc1O.